The molecule has 2 N–H and O–H groups in total. The summed E-state index contributed by atoms with van der Waals surface area (Å²) in [4.78, 5) is 12.8. The lowest BCUT2D eigenvalue weighted by atomic mass is 9.85. The van der Waals surface area contributed by atoms with E-state index in [4.69, 9.17) is 0 Å². The first-order valence-corrected chi connectivity index (χ1v) is 10.6. The molecule has 0 aromatic heterocycles. The summed E-state index contributed by atoms with van der Waals surface area (Å²) in [6.07, 6.45) is 7.06. The van der Waals surface area contributed by atoms with Crippen LogP contribution in [0.5, 0.6) is 0 Å². The van der Waals surface area contributed by atoms with E-state index in [1.54, 1.807) is 24.3 Å². The molecule has 1 aliphatic carbocycles. The molecule has 0 radical (unpaired) electrons. The van der Waals surface area contributed by atoms with Gasteiger partial charge in [0.1, 0.15) is 0 Å². The lowest BCUT2D eigenvalue weighted by Crippen LogP contribution is -2.43. The minimum atomic E-state index is -3.19. The van der Waals surface area contributed by atoms with Crippen LogP contribution in [0.25, 0.3) is 0 Å². The summed E-state index contributed by atoms with van der Waals surface area (Å²) in [5.41, 5.74) is 0.908. The number of sulfone groups is 1. The standard InChI is InChI=1S/C18H26N2O3S.ClH/c1-12(13-7-9-15(10-8-13)24(2,22)23)19-18(21)17-11-14-5-3-4-6-16(14)20-17;/h7-10,12,14,16-17,20H,3-6,11H2,1-2H3,(H,19,21);1H. The number of nitrogens with one attached hydrogen (secondary N) is 2. The Bertz CT molecular complexity index is 692. The maximum absolute atomic E-state index is 12.5. The SMILES string of the molecule is CC(NC(=O)C1CC2CCCCC2N1)c1ccc(S(C)(=O)=O)cc1.Cl. The quantitative estimate of drug-likeness (QED) is 0.834. The number of carbonyl (C=O) groups excluding carboxylic acids is 1. The van der Waals surface area contributed by atoms with Crippen LogP contribution in [0.4, 0.5) is 0 Å². The van der Waals surface area contributed by atoms with E-state index in [-0.39, 0.29) is 30.4 Å². The minimum Gasteiger partial charge on any atom is -0.348 e. The number of halogens is 1. The number of hydrogen-bond donors (Lipinski definition) is 2. The fraction of sp³-hybridized carbons (Fsp3) is 0.611. The van der Waals surface area contributed by atoms with Gasteiger partial charge < -0.3 is 10.6 Å². The minimum absolute atomic E-state index is 0. The zero-order valence-electron chi connectivity index (χ0n) is 14.7. The van der Waals surface area contributed by atoms with E-state index in [1.807, 2.05) is 6.92 Å². The van der Waals surface area contributed by atoms with Crippen molar-refractivity contribution in [1.29, 1.82) is 0 Å². The summed E-state index contributed by atoms with van der Waals surface area (Å²) in [6.45, 7) is 1.93. The lowest BCUT2D eigenvalue weighted by Gasteiger charge is -2.24. The van der Waals surface area contributed by atoms with Crippen molar-refractivity contribution in [3.8, 4) is 0 Å². The predicted molar refractivity (Wildman–Crippen MR) is 101 cm³/mol. The molecule has 1 saturated carbocycles. The number of rotatable bonds is 4. The van der Waals surface area contributed by atoms with Gasteiger partial charge in [-0.1, -0.05) is 25.0 Å². The Morgan fingerprint density at radius 3 is 2.44 bits per heavy atom. The van der Waals surface area contributed by atoms with Gasteiger partial charge in [0.2, 0.25) is 5.91 Å². The first kappa shape index (κ1) is 20.2. The van der Waals surface area contributed by atoms with Crippen molar-refractivity contribution < 1.29 is 13.2 Å². The van der Waals surface area contributed by atoms with Gasteiger partial charge in [-0.15, -0.1) is 12.4 Å². The van der Waals surface area contributed by atoms with Crippen molar-refractivity contribution in [1.82, 2.24) is 10.6 Å². The van der Waals surface area contributed by atoms with Crippen molar-refractivity contribution in [2.24, 2.45) is 5.92 Å². The maximum Gasteiger partial charge on any atom is 0.237 e. The van der Waals surface area contributed by atoms with E-state index in [1.165, 1.54) is 31.9 Å². The Balaban J connectivity index is 0.00000225. The van der Waals surface area contributed by atoms with Gasteiger partial charge in [0, 0.05) is 12.3 Å². The molecular formula is C18H27ClN2O3S. The van der Waals surface area contributed by atoms with E-state index >= 15 is 0 Å². The van der Waals surface area contributed by atoms with Crippen molar-refractivity contribution >= 4 is 28.2 Å². The molecule has 3 rings (SSSR count). The van der Waals surface area contributed by atoms with Crippen LogP contribution < -0.4 is 10.6 Å². The first-order valence-electron chi connectivity index (χ1n) is 8.71. The van der Waals surface area contributed by atoms with Crippen molar-refractivity contribution in [2.45, 2.75) is 62.0 Å². The summed E-state index contributed by atoms with van der Waals surface area (Å²) >= 11 is 0. The highest BCUT2D eigenvalue weighted by molar-refractivity contribution is 7.90. The Hall–Kier alpha value is -1.11. The van der Waals surface area contributed by atoms with Gasteiger partial charge in [0.25, 0.3) is 0 Å². The van der Waals surface area contributed by atoms with Gasteiger partial charge in [-0.3, -0.25) is 4.79 Å². The molecule has 1 aliphatic heterocycles. The molecule has 1 aromatic rings. The summed E-state index contributed by atoms with van der Waals surface area (Å²) in [6, 6.07) is 6.97. The molecule has 0 bridgehead atoms. The summed E-state index contributed by atoms with van der Waals surface area (Å²) in [5, 5.41) is 6.54. The molecule has 140 valence electrons. The molecule has 2 aliphatic rings. The average molecular weight is 387 g/mol. The lowest BCUT2D eigenvalue weighted by molar-refractivity contribution is -0.123. The second-order valence-electron chi connectivity index (χ2n) is 7.18. The number of benzene rings is 1. The van der Waals surface area contributed by atoms with Crippen LogP contribution in [0.15, 0.2) is 29.2 Å². The number of carbonyl (C=O) groups is 1. The van der Waals surface area contributed by atoms with Crippen LogP contribution in [0.2, 0.25) is 0 Å². The fourth-order valence-electron chi connectivity index (χ4n) is 3.92. The third kappa shape index (κ3) is 4.74. The second kappa shape index (κ2) is 8.06. The molecular weight excluding hydrogens is 360 g/mol. The zero-order valence-corrected chi connectivity index (χ0v) is 16.3. The molecule has 1 heterocycles. The van der Waals surface area contributed by atoms with E-state index in [0.717, 1.165) is 12.0 Å². The molecule has 2 fully saturated rings. The van der Waals surface area contributed by atoms with Crippen LogP contribution in [0.1, 0.15) is 50.6 Å². The zero-order chi connectivity index (χ0) is 17.3. The van der Waals surface area contributed by atoms with Crippen molar-refractivity contribution in [3.63, 3.8) is 0 Å². The first-order chi connectivity index (χ1) is 11.3. The fourth-order valence-corrected chi connectivity index (χ4v) is 4.55. The van der Waals surface area contributed by atoms with Gasteiger partial charge in [0.05, 0.1) is 17.0 Å². The third-order valence-electron chi connectivity index (χ3n) is 5.35. The highest BCUT2D eigenvalue weighted by Gasteiger charge is 2.38. The molecule has 1 amide bonds. The van der Waals surface area contributed by atoms with Gasteiger partial charge >= 0.3 is 0 Å². The summed E-state index contributed by atoms with van der Waals surface area (Å²) in [7, 11) is -3.19. The molecule has 4 atom stereocenters. The summed E-state index contributed by atoms with van der Waals surface area (Å²) < 4.78 is 23.0. The highest BCUT2D eigenvalue weighted by atomic mass is 35.5. The second-order valence-corrected chi connectivity index (χ2v) is 9.19. The van der Waals surface area contributed by atoms with Crippen LogP contribution >= 0.6 is 12.4 Å². The van der Waals surface area contributed by atoms with Gasteiger partial charge in [-0.2, -0.15) is 0 Å². The van der Waals surface area contributed by atoms with Gasteiger partial charge in [0.15, 0.2) is 9.84 Å². The Morgan fingerprint density at radius 1 is 1.20 bits per heavy atom. The Kier molecular flexibility index (Phi) is 6.51. The molecule has 0 spiro atoms. The van der Waals surface area contributed by atoms with Gasteiger partial charge in [-0.25, -0.2) is 8.42 Å². The van der Waals surface area contributed by atoms with E-state index in [9.17, 15) is 13.2 Å². The monoisotopic (exact) mass is 386 g/mol. The average Bonchev–Trinajstić information content (AvgIpc) is 2.98. The molecule has 1 aromatic carbocycles. The van der Waals surface area contributed by atoms with Crippen LogP contribution in [-0.4, -0.2) is 32.7 Å². The molecule has 7 heteroatoms. The molecule has 4 unspecified atom stereocenters. The van der Waals surface area contributed by atoms with Gasteiger partial charge in [-0.05, 0) is 49.8 Å². The number of hydrogen-bond acceptors (Lipinski definition) is 4. The molecule has 5 nitrogen and oxygen atoms in total. The van der Waals surface area contributed by atoms with Crippen molar-refractivity contribution in [2.75, 3.05) is 6.26 Å². The van der Waals surface area contributed by atoms with E-state index < -0.39 is 9.84 Å². The summed E-state index contributed by atoms with van der Waals surface area (Å²) in [5.74, 6) is 0.683. The number of amides is 1. The number of fused-ring (bicyclic) bond motifs is 1. The normalized spacial score (nSPS) is 27.0. The molecule has 25 heavy (non-hydrogen) atoms. The predicted octanol–water partition coefficient (Wildman–Crippen LogP) is 2.61. The van der Waals surface area contributed by atoms with Crippen molar-refractivity contribution in [3.05, 3.63) is 29.8 Å². The third-order valence-corrected chi connectivity index (χ3v) is 6.47. The van der Waals surface area contributed by atoms with Crippen LogP contribution in [0.3, 0.4) is 0 Å². The Labute approximate surface area is 156 Å². The Morgan fingerprint density at radius 2 is 1.84 bits per heavy atom. The van der Waals surface area contributed by atoms with E-state index in [2.05, 4.69) is 10.6 Å². The van der Waals surface area contributed by atoms with E-state index in [0.29, 0.717) is 16.9 Å². The highest BCUT2D eigenvalue weighted by Crippen LogP contribution is 2.33. The van der Waals surface area contributed by atoms with Crippen LogP contribution in [0, 0.1) is 5.92 Å². The van der Waals surface area contributed by atoms with Crippen LogP contribution in [-0.2, 0) is 14.6 Å². The maximum atomic E-state index is 12.5. The topological polar surface area (TPSA) is 75.3 Å². The molecule has 1 saturated heterocycles. The largest absolute Gasteiger partial charge is 0.348 e. The smallest absolute Gasteiger partial charge is 0.237 e.